The van der Waals surface area contributed by atoms with Crippen LogP contribution in [0.1, 0.15) is 30.4 Å². The molecule has 0 unspecified atom stereocenters. The van der Waals surface area contributed by atoms with E-state index in [0.717, 1.165) is 50.0 Å². The van der Waals surface area contributed by atoms with Gasteiger partial charge in [0.2, 0.25) is 5.91 Å². The molecule has 2 N–H and O–H groups in total. The van der Waals surface area contributed by atoms with Crippen LogP contribution in [-0.4, -0.2) is 24.1 Å². The number of anilines is 2. The van der Waals surface area contributed by atoms with Gasteiger partial charge >= 0.3 is 6.18 Å². The standard InChI is InChI=1S/C22H22F3N3OS/c23-22(24,25)17-10-11-19(28-13-5-2-6-14-28)18(15-17)26-21(30)27-20(29)12-9-16-7-3-1-4-8-16/h1,3-4,7-12,15H,2,5-6,13-14H2,(H2,26,27,29,30). The summed E-state index contributed by atoms with van der Waals surface area (Å²) in [5.74, 6) is -0.470. The molecule has 8 heteroatoms. The first kappa shape index (κ1) is 21.8. The van der Waals surface area contributed by atoms with Gasteiger partial charge in [0, 0.05) is 19.2 Å². The van der Waals surface area contributed by atoms with Crippen LogP contribution in [0.15, 0.2) is 54.6 Å². The third-order valence-corrected chi connectivity index (χ3v) is 4.94. The first-order chi connectivity index (χ1) is 14.3. The molecule has 1 amide bonds. The lowest BCUT2D eigenvalue weighted by Gasteiger charge is -2.31. The molecule has 0 bridgehead atoms. The summed E-state index contributed by atoms with van der Waals surface area (Å²) in [6.45, 7) is 1.53. The molecule has 1 saturated heterocycles. The second kappa shape index (κ2) is 9.75. The third kappa shape index (κ3) is 6.06. The molecule has 158 valence electrons. The molecule has 0 aromatic heterocycles. The van der Waals surface area contributed by atoms with Crippen LogP contribution in [0.25, 0.3) is 6.08 Å². The van der Waals surface area contributed by atoms with E-state index >= 15 is 0 Å². The van der Waals surface area contributed by atoms with Gasteiger partial charge in [-0.05, 0) is 61.3 Å². The van der Waals surface area contributed by atoms with E-state index in [9.17, 15) is 18.0 Å². The fourth-order valence-corrected chi connectivity index (χ4v) is 3.48. The number of piperidine rings is 1. The van der Waals surface area contributed by atoms with Gasteiger partial charge in [0.25, 0.3) is 0 Å². The van der Waals surface area contributed by atoms with Crippen molar-refractivity contribution >= 4 is 40.7 Å². The first-order valence-corrected chi connectivity index (χ1v) is 10.0. The van der Waals surface area contributed by atoms with Crippen molar-refractivity contribution in [2.75, 3.05) is 23.3 Å². The second-order valence-corrected chi connectivity index (χ2v) is 7.37. The minimum Gasteiger partial charge on any atom is -0.370 e. The normalized spacial score (nSPS) is 14.6. The van der Waals surface area contributed by atoms with Gasteiger partial charge in [-0.3, -0.25) is 10.1 Å². The first-order valence-electron chi connectivity index (χ1n) is 9.64. The molecule has 0 spiro atoms. The van der Waals surface area contributed by atoms with Gasteiger partial charge in [0.1, 0.15) is 0 Å². The van der Waals surface area contributed by atoms with Crippen molar-refractivity contribution in [2.45, 2.75) is 25.4 Å². The van der Waals surface area contributed by atoms with E-state index in [1.807, 2.05) is 35.2 Å². The number of amides is 1. The maximum Gasteiger partial charge on any atom is 0.416 e. The van der Waals surface area contributed by atoms with Crippen molar-refractivity contribution in [3.63, 3.8) is 0 Å². The molecule has 0 radical (unpaired) electrons. The number of alkyl halides is 3. The topological polar surface area (TPSA) is 44.4 Å². The molecule has 0 saturated carbocycles. The van der Waals surface area contributed by atoms with Crippen LogP contribution in [0.5, 0.6) is 0 Å². The summed E-state index contributed by atoms with van der Waals surface area (Å²) in [5.41, 5.74) is 0.934. The fourth-order valence-electron chi connectivity index (χ4n) is 3.27. The number of halogens is 3. The molecular formula is C22H22F3N3OS. The van der Waals surface area contributed by atoms with Crippen molar-refractivity contribution in [3.8, 4) is 0 Å². The quantitative estimate of drug-likeness (QED) is 0.513. The molecule has 1 fully saturated rings. The minimum absolute atomic E-state index is 0.0599. The van der Waals surface area contributed by atoms with Gasteiger partial charge in [-0.2, -0.15) is 13.2 Å². The van der Waals surface area contributed by atoms with Crippen LogP contribution >= 0.6 is 12.2 Å². The fraction of sp³-hybridized carbons (Fsp3) is 0.273. The summed E-state index contributed by atoms with van der Waals surface area (Å²) in [6.07, 6.45) is 1.53. The summed E-state index contributed by atoms with van der Waals surface area (Å²) < 4.78 is 39.6. The molecule has 3 rings (SSSR count). The maximum absolute atomic E-state index is 13.2. The largest absolute Gasteiger partial charge is 0.416 e. The monoisotopic (exact) mass is 433 g/mol. The molecular weight excluding hydrogens is 411 g/mol. The van der Waals surface area contributed by atoms with Crippen LogP contribution in [0.4, 0.5) is 24.5 Å². The van der Waals surface area contributed by atoms with Crippen molar-refractivity contribution in [1.29, 1.82) is 0 Å². The van der Waals surface area contributed by atoms with Crippen LogP contribution in [0.3, 0.4) is 0 Å². The zero-order valence-corrected chi connectivity index (χ0v) is 17.0. The number of rotatable bonds is 4. The highest BCUT2D eigenvalue weighted by molar-refractivity contribution is 7.80. The van der Waals surface area contributed by atoms with E-state index in [1.54, 1.807) is 6.08 Å². The molecule has 30 heavy (non-hydrogen) atoms. The van der Waals surface area contributed by atoms with Gasteiger partial charge in [0.05, 0.1) is 16.9 Å². The van der Waals surface area contributed by atoms with Crippen molar-refractivity contribution in [1.82, 2.24) is 5.32 Å². The van der Waals surface area contributed by atoms with Gasteiger partial charge in [-0.15, -0.1) is 0 Å². The highest BCUT2D eigenvalue weighted by Gasteiger charge is 2.31. The lowest BCUT2D eigenvalue weighted by atomic mass is 10.1. The van der Waals surface area contributed by atoms with E-state index in [-0.39, 0.29) is 10.8 Å². The predicted molar refractivity (Wildman–Crippen MR) is 117 cm³/mol. The van der Waals surface area contributed by atoms with Crippen molar-refractivity contribution < 1.29 is 18.0 Å². The zero-order valence-electron chi connectivity index (χ0n) is 16.2. The molecule has 0 aliphatic carbocycles. The van der Waals surface area contributed by atoms with Crippen molar-refractivity contribution in [2.24, 2.45) is 0 Å². The molecule has 4 nitrogen and oxygen atoms in total. The smallest absolute Gasteiger partial charge is 0.370 e. The molecule has 1 aliphatic heterocycles. The van der Waals surface area contributed by atoms with E-state index in [2.05, 4.69) is 10.6 Å². The number of nitrogens with zero attached hydrogens (tertiary/aromatic N) is 1. The minimum atomic E-state index is -4.47. The number of benzene rings is 2. The average molecular weight is 433 g/mol. The SMILES string of the molecule is O=C(C=Cc1ccccc1)NC(=S)Nc1cc(C(F)(F)F)ccc1N1CCCCC1. The van der Waals surface area contributed by atoms with E-state index in [1.165, 1.54) is 12.1 Å². The number of carbonyl (C=O) groups excluding carboxylic acids is 1. The van der Waals surface area contributed by atoms with E-state index in [4.69, 9.17) is 12.2 Å². The van der Waals surface area contributed by atoms with E-state index < -0.39 is 17.6 Å². The van der Waals surface area contributed by atoms with Gasteiger partial charge in [0.15, 0.2) is 5.11 Å². The third-order valence-electron chi connectivity index (χ3n) is 4.73. The average Bonchev–Trinajstić information content (AvgIpc) is 2.73. The van der Waals surface area contributed by atoms with Crippen LogP contribution in [0.2, 0.25) is 0 Å². The Morgan fingerprint density at radius 1 is 1.03 bits per heavy atom. The van der Waals surface area contributed by atoms with Gasteiger partial charge < -0.3 is 10.2 Å². The maximum atomic E-state index is 13.2. The summed E-state index contributed by atoms with van der Waals surface area (Å²) in [6, 6.07) is 12.8. The Labute approximate surface area is 178 Å². The second-order valence-electron chi connectivity index (χ2n) is 6.96. The number of carbonyl (C=O) groups is 1. The highest BCUT2D eigenvalue weighted by atomic mass is 32.1. The molecule has 1 heterocycles. The summed E-state index contributed by atoms with van der Waals surface area (Å²) >= 11 is 5.16. The number of thiocarbonyl (C=S) groups is 1. The Morgan fingerprint density at radius 3 is 2.40 bits per heavy atom. The van der Waals surface area contributed by atoms with Gasteiger partial charge in [-0.1, -0.05) is 30.3 Å². The number of nitrogens with one attached hydrogen (secondary N) is 2. The number of hydrogen-bond acceptors (Lipinski definition) is 3. The van der Waals surface area contributed by atoms with Crippen LogP contribution in [0, 0.1) is 0 Å². The Hall–Kier alpha value is -2.87. The summed E-state index contributed by atoms with van der Waals surface area (Å²) in [4.78, 5) is 14.1. The Kier molecular flexibility index (Phi) is 7.10. The summed E-state index contributed by atoms with van der Waals surface area (Å²) in [7, 11) is 0. The molecule has 0 atom stereocenters. The lowest BCUT2D eigenvalue weighted by molar-refractivity contribution is -0.137. The lowest BCUT2D eigenvalue weighted by Crippen LogP contribution is -2.35. The zero-order chi connectivity index (χ0) is 21.6. The molecule has 1 aliphatic rings. The van der Waals surface area contributed by atoms with Crippen molar-refractivity contribution in [3.05, 3.63) is 65.7 Å². The van der Waals surface area contributed by atoms with Crippen LogP contribution < -0.4 is 15.5 Å². The predicted octanol–water partition coefficient (Wildman–Crippen LogP) is 5.22. The Morgan fingerprint density at radius 2 is 1.73 bits per heavy atom. The highest BCUT2D eigenvalue weighted by Crippen LogP contribution is 2.36. The van der Waals surface area contributed by atoms with Gasteiger partial charge in [-0.25, -0.2) is 0 Å². The van der Waals surface area contributed by atoms with E-state index in [0.29, 0.717) is 5.69 Å². The molecule has 2 aromatic rings. The Bertz CT molecular complexity index is 923. The van der Waals surface area contributed by atoms with Crippen LogP contribution in [-0.2, 0) is 11.0 Å². The molecule has 2 aromatic carbocycles. The summed E-state index contributed by atoms with van der Waals surface area (Å²) in [5, 5.41) is 5.20. The Balaban J connectivity index is 1.73. The number of hydrogen-bond donors (Lipinski definition) is 2.